The maximum absolute atomic E-state index is 13.1. The van der Waals surface area contributed by atoms with E-state index in [-0.39, 0.29) is 17.2 Å². The van der Waals surface area contributed by atoms with Gasteiger partial charge in [0.15, 0.2) is 0 Å². The van der Waals surface area contributed by atoms with E-state index in [4.69, 9.17) is 0 Å². The van der Waals surface area contributed by atoms with Crippen LogP contribution in [0.5, 0.6) is 0 Å². The van der Waals surface area contributed by atoms with E-state index in [1.165, 1.54) is 27.5 Å². The molecule has 1 aliphatic heterocycles. The third-order valence-corrected chi connectivity index (χ3v) is 6.83. The summed E-state index contributed by atoms with van der Waals surface area (Å²) in [6, 6.07) is 31.7. The zero-order valence-electron chi connectivity index (χ0n) is 20.0. The quantitative estimate of drug-likeness (QED) is 0.335. The van der Waals surface area contributed by atoms with Crippen LogP contribution in [0, 0.1) is 5.41 Å². The van der Waals surface area contributed by atoms with Gasteiger partial charge in [0.2, 0.25) is 0 Å². The second-order valence-corrected chi connectivity index (χ2v) is 10.3. The Morgan fingerprint density at radius 2 is 1.47 bits per heavy atom. The summed E-state index contributed by atoms with van der Waals surface area (Å²) in [6.07, 6.45) is 1.80. The van der Waals surface area contributed by atoms with E-state index in [1.807, 2.05) is 6.07 Å². The highest BCUT2D eigenvalue weighted by molar-refractivity contribution is 5.99. The van der Waals surface area contributed by atoms with Gasteiger partial charge in [-0.15, -0.1) is 0 Å². The van der Waals surface area contributed by atoms with E-state index in [9.17, 15) is 4.79 Å². The van der Waals surface area contributed by atoms with Crippen molar-refractivity contribution >= 4 is 27.8 Å². The molecule has 170 valence electrons. The predicted molar refractivity (Wildman–Crippen MR) is 144 cm³/mol. The first-order valence-corrected chi connectivity index (χ1v) is 12.0. The molecular weight excluding hydrogens is 414 g/mol. The molecule has 0 fully saturated rings. The van der Waals surface area contributed by atoms with Crippen LogP contribution in [0.3, 0.4) is 0 Å². The molecule has 1 heterocycles. The summed E-state index contributed by atoms with van der Waals surface area (Å²) in [6.45, 7) is 8.85. The molecule has 1 N–H and O–H groups in total. The van der Waals surface area contributed by atoms with Crippen LogP contribution in [-0.2, 0) is 4.79 Å². The minimum Gasteiger partial charge on any atom is -0.377 e. The molecule has 0 aliphatic carbocycles. The molecule has 0 aromatic heterocycles. The van der Waals surface area contributed by atoms with Crippen molar-refractivity contribution in [3.05, 3.63) is 109 Å². The molecule has 0 bridgehead atoms. The van der Waals surface area contributed by atoms with Crippen LogP contribution in [0.2, 0.25) is 0 Å². The standard InChI is InChI=1S/C32H31NO/c1-22-20-32(2,3)21-27(34)19-30(26-15-13-24(14-16-26)23-9-5-4-6-10-23)33-29-18-17-25-11-7-8-12-28(25)31(22)29/h4-18,30,33H,1,19-21H2,2-3H3. The van der Waals surface area contributed by atoms with E-state index < -0.39 is 0 Å². The lowest BCUT2D eigenvalue weighted by atomic mass is 9.77. The van der Waals surface area contributed by atoms with E-state index in [0.717, 1.165) is 23.2 Å². The highest BCUT2D eigenvalue weighted by Crippen LogP contribution is 2.42. The zero-order valence-corrected chi connectivity index (χ0v) is 20.0. The van der Waals surface area contributed by atoms with Crippen molar-refractivity contribution in [2.75, 3.05) is 5.32 Å². The number of fused-ring (bicyclic) bond motifs is 3. The van der Waals surface area contributed by atoms with Crippen LogP contribution in [0.4, 0.5) is 5.69 Å². The molecule has 2 nitrogen and oxygen atoms in total. The van der Waals surface area contributed by atoms with Crippen molar-refractivity contribution in [1.29, 1.82) is 0 Å². The molecule has 1 aliphatic rings. The normalized spacial score (nSPS) is 18.2. The lowest BCUT2D eigenvalue weighted by Crippen LogP contribution is -2.23. The van der Waals surface area contributed by atoms with Crippen molar-refractivity contribution in [3.8, 4) is 11.1 Å². The third-order valence-electron chi connectivity index (χ3n) is 6.83. The average molecular weight is 446 g/mol. The lowest BCUT2D eigenvalue weighted by molar-refractivity contribution is -0.121. The number of allylic oxidation sites excluding steroid dienone is 1. The van der Waals surface area contributed by atoms with Crippen LogP contribution < -0.4 is 5.32 Å². The SMILES string of the molecule is C=C1CC(C)(C)CC(=O)CC(c2ccc(-c3ccccc3)cc2)Nc2ccc3ccccc3c21. The Labute approximate surface area is 202 Å². The lowest BCUT2D eigenvalue weighted by Gasteiger charge is -2.31. The molecule has 0 amide bonds. The zero-order chi connectivity index (χ0) is 23.7. The van der Waals surface area contributed by atoms with Crippen LogP contribution in [0.1, 0.15) is 50.3 Å². The van der Waals surface area contributed by atoms with Crippen LogP contribution in [-0.4, -0.2) is 5.78 Å². The highest BCUT2D eigenvalue weighted by atomic mass is 16.1. The van der Waals surface area contributed by atoms with Gasteiger partial charge in [-0.2, -0.15) is 0 Å². The molecule has 0 saturated heterocycles. The van der Waals surface area contributed by atoms with Gasteiger partial charge in [0.25, 0.3) is 0 Å². The first-order valence-electron chi connectivity index (χ1n) is 12.0. The maximum Gasteiger partial charge on any atom is 0.135 e. The van der Waals surface area contributed by atoms with Gasteiger partial charge in [-0.25, -0.2) is 0 Å². The summed E-state index contributed by atoms with van der Waals surface area (Å²) in [4.78, 5) is 13.1. The Kier molecular flexibility index (Phi) is 5.83. The Morgan fingerprint density at radius 3 is 2.24 bits per heavy atom. The maximum atomic E-state index is 13.1. The van der Waals surface area contributed by atoms with Crippen LogP contribution in [0.25, 0.3) is 27.5 Å². The fourth-order valence-electron chi connectivity index (χ4n) is 5.31. The Bertz CT molecular complexity index is 1350. The molecule has 0 radical (unpaired) electrons. The van der Waals surface area contributed by atoms with Crippen LogP contribution in [0.15, 0.2) is 97.6 Å². The summed E-state index contributed by atoms with van der Waals surface area (Å²) < 4.78 is 0. The highest BCUT2D eigenvalue weighted by Gasteiger charge is 2.29. The number of nitrogens with one attached hydrogen (secondary N) is 1. The second-order valence-electron chi connectivity index (χ2n) is 10.3. The topological polar surface area (TPSA) is 29.1 Å². The summed E-state index contributed by atoms with van der Waals surface area (Å²) in [5, 5.41) is 6.16. The molecule has 2 heteroatoms. The first-order chi connectivity index (χ1) is 16.4. The van der Waals surface area contributed by atoms with Gasteiger partial charge in [0.1, 0.15) is 5.78 Å². The predicted octanol–water partition coefficient (Wildman–Crippen LogP) is 8.45. The van der Waals surface area contributed by atoms with Gasteiger partial charge < -0.3 is 5.32 Å². The first kappa shape index (κ1) is 22.2. The number of ketones is 1. The number of carbonyl (C=O) groups excluding carboxylic acids is 1. The molecule has 1 atom stereocenters. The van der Waals surface area contributed by atoms with Gasteiger partial charge in [-0.05, 0) is 50.9 Å². The number of hydrogen-bond acceptors (Lipinski definition) is 2. The molecule has 4 aromatic carbocycles. The summed E-state index contributed by atoms with van der Waals surface area (Å²) in [5.74, 6) is 0.284. The summed E-state index contributed by atoms with van der Waals surface area (Å²) >= 11 is 0. The largest absolute Gasteiger partial charge is 0.377 e. The number of rotatable bonds is 2. The van der Waals surface area contributed by atoms with E-state index in [0.29, 0.717) is 12.8 Å². The number of hydrogen-bond donors (Lipinski definition) is 1. The molecule has 34 heavy (non-hydrogen) atoms. The van der Waals surface area contributed by atoms with Crippen molar-refractivity contribution in [2.24, 2.45) is 5.41 Å². The Hall–Kier alpha value is -3.65. The van der Waals surface area contributed by atoms with Crippen molar-refractivity contribution in [1.82, 2.24) is 0 Å². The summed E-state index contributed by atoms with van der Waals surface area (Å²) in [7, 11) is 0. The van der Waals surface area contributed by atoms with Gasteiger partial charge in [0, 0.05) is 24.1 Å². The molecule has 1 unspecified atom stereocenters. The van der Waals surface area contributed by atoms with Crippen molar-refractivity contribution in [3.63, 3.8) is 0 Å². The second kappa shape index (κ2) is 8.95. The van der Waals surface area contributed by atoms with Gasteiger partial charge >= 0.3 is 0 Å². The molecule has 0 saturated carbocycles. The van der Waals surface area contributed by atoms with Crippen molar-refractivity contribution in [2.45, 2.75) is 39.2 Å². The molecule has 5 rings (SSSR count). The molecule has 4 aromatic rings. The van der Waals surface area contributed by atoms with E-state index in [1.54, 1.807) is 0 Å². The number of Topliss-reactive ketones (excluding diaryl/α,β-unsaturated/α-hetero) is 1. The molecule has 0 spiro atoms. The fourth-order valence-corrected chi connectivity index (χ4v) is 5.31. The number of anilines is 1. The van der Waals surface area contributed by atoms with Gasteiger partial charge in [-0.3, -0.25) is 4.79 Å². The Balaban J connectivity index is 1.58. The third kappa shape index (κ3) is 4.54. The van der Waals surface area contributed by atoms with E-state index in [2.05, 4.69) is 111 Å². The van der Waals surface area contributed by atoms with Crippen LogP contribution >= 0.6 is 0 Å². The average Bonchev–Trinajstić information content (AvgIpc) is 2.83. The monoisotopic (exact) mass is 445 g/mol. The van der Waals surface area contributed by atoms with Crippen molar-refractivity contribution < 1.29 is 4.79 Å². The number of carbonyl (C=O) groups is 1. The molecular formula is C32H31NO. The summed E-state index contributed by atoms with van der Waals surface area (Å²) in [5.41, 5.74) is 6.66. The smallest absolute Gasteiger partial charge is 0.135 e. The fraction of sp³-hybridized carbons (Fsp3) is 0.219. The van der Waals surface area contributed by atoms with Gasteiger partial charge in [-0.1, -0.05) is 105 Å². The number of benzene rings is 4. The Morgan fingerprint density at radius 1 is 0.794 bits per heavy atom. The van der Waals surface area contributed by atoms with E-state index >= 15 is 0 Å². The minimum atomic E-state index is -0.137. The minimum absolute atomic E-state index is 0.0982. The van der Waals surface area contributed by atoms with Gasteiger partial charge in [0.05, 0.1) is 6.04 Å².